The van der Waals surface area contributed by atoms with Gasteiger partial charge in [-0.2, -0.15) is 0 Å². The van der Waals surface area contributed by atoms with Gasteiger partial charge in [0.2, 0.25) is 0 Å². The van der Waals surface area contributed by atoms with Gasteiger partial charge in [-0.05, 0) is 49.7 Å². The van der Waals surface area contributed by atoms with Crippen molar-refractivity contribution in [3.63, 3.8) is 0 Å². The van der Waals surface area contributed by atoms with Crippen LogP contribution in [-0.2, 0) is 4.74 Å². The number of carbonyl (C=O) groups excluding carboxylic acids is 3. The molecule has 0 saturated heterocycles. The minimum absolute atomic E-state index is 0.00553. The van der Waals surface area contributed by atoms with Crippen LogP contribution in [0.25, 0.3) is 4.96 Å². The Bertz CT molecular complexity index is 1540. The highest BCUT2D eigenvalue weighted by Crippen LogP contribution is 2.27. The molecule has 2 aromatic carbocycles. The molecule has 0 spiro atoms. The number of para-hydroxylation sites is 2. The molecule has 0 unspecified atom stereocenters. The molecule has 0 aliphatic heterocycles. The van der Waals surface area contributed by atoms with Crippen LogP contribution in [0, 0.1) is 6.92 Å². The van der Waals surface area contributed by atoms with E-state index in [0.717, 1.165) is 15.7 Å². The van der Waals surface area contributed by atoms with Gasteiger partial charge in [-0.1, -0.05) is 30.4 Å². The van der Waals surface area contributed by atoms with Crippen LogP contribution in [0.5, 0.6) is 5.75 Å². The van der Waals surface area contributed by atoms with Crippen molar-refractivity contribution in [2.75, 3.05) is 24.4 Å². The summed E-state index contributed by atoms with van der Waals surface area (Å²) < 4.78 is 11.5. The second-order valence-electron chi connectivity index (χ2n) is 7.96. The summed E-state index contributed by atoms with van der Waals surface area (Å²) in [6.45, 7) is 3.87. The molecule has 0 bridgehead atoms. The van der Waals surface area contributed by atoms with E-state index in [2.05, 4.69) is 15.6 Å². The number of rotatable bonds is 8. The topological polar surface area (TPSA) is 128 Å². The van der Waals surface area contributed by atoms with Gasteiger partial charge in [-0.3, -0.25) is 14.4 Å². The average Bonchev–Trinajstić information content (AvgIpc) is 3.28. The fraction of sp³-hybridized carbons (Fsp3) is 0.192. The predicted molar refractivity (Wildman–Crippen MR) is 140 cm³/mol. The van der Waals surface area contributed by atoms with Gasteiger partial charge < -0.3 is 20.1 Å². The van der Waals surface area contributed by atoms with Crippen LogP contribution in [0.15, 0.2) is 59.4 Å². The molecule has 4 rings (SSSR count). The van der Waals surface area contributed by atoms with Crippen LogP contribution in [0.1, 0.15) is 49.6 Å². The van der Waals surface area contributed by atoms with Crippen molar-refractivity contribution < 1.29 is 23.9 Å². The Morgan fingerprint density at radius 3 is 2.46 bits per heavy atom. The first-order chi connectivity index (χ1) is 17.8. The summed E-state index contributed by atoms with van der Waals surface area (Å²) >= 11 is 0.919. The van der Waals surface area contributed by atoms with E-state index in [1.165, 1.54) is 25.3 Å². The normalized spacial score (nSPS) is 10.7. The van der Waals surface area contributed by atoms with Crippen LogP contribution in [0.2, 0.25) is 0 Å². The maximum absolute atomic E-state index is 13.4. The first kappa shape index (κ1) is 25.6. The van der Waals surface area contributed by atoms with Gasteiger partial charge in [0.05, 0.1) is 25.0 Å². The lowest BCUT2D eigenvalue weighted by atomic mass is 10.2. The molecule has 11 heteroatoms. The molecule has 0 aliphatic carbocycles. The minimum atomic E-state index is -0.678. The first-order valence-corrected chi connectivity index (χ1v) is 12.2. The lowest BCUT2D eigenvalue weighted by Crippen LogP contribution is -2.25. The molecular formula is C26H24N4O6S. The van der Waals surface area contributed by atoms with Crippen molar-refractivity contribution in [3.8, 4) is 5.75 Å². The Morgan fingerprint density at radius 1 is 1.03 bits per heavy atom. The fourth-order valence-electron chi connectivity index (χ4n) is 3.53. The van der Waals surface area contributed by atoms with E-state index >= 15 is 0 Å². The van der Waals surface area contributed by atoms with Gasteiger partial charge >= 0.3 is 5.97 Å². The molecule has 0 saturated carbocycles. The van der Waals surface area contributed by atoms with Crippen molar-refractivity contribution in [2.45, 2.75) is 20.3 Å². The third-order valence-corrected chi connectivity index (χ3v) is 6.28. The van der Waals surface area contributed by atoms with Crippen LogP contribution in [0.3, 0.4) is 0 Å². The zero-order chi connectivity index (χ0) is 26.5. The zero-order valence-electron chi connectivity index (χ0n) is 20.4. The third kappa shape index (κ3) is 5.51. The molecule has 0 atom stereocenters. The SMILES string of the molecule is CCCOC(=O)c1ccc(NC(=O)c2sc3nc(C)cc(=O)n3c2C(=O)Nc2ccccc2OC)cc1. The zero-order valence-corrected chi connectivity index (χ0v) is 21.2. The number of ether oxygens (including phenoxy) is 2. The van der Waals surface area contributed by atoms with Crippen molar-refractivity contribution in [2.24, 2.45) is 0 Å². The Kier molecular flexibility index (Phi) is 7.63. The number of fused-ring (bicyclic) bond motifs is 1. The van der Waals surface area contributed by atoms with Gasteiger partial charge in [0.15, 0.2) is 4.96 Å². The number of amides is 2. The van der Waals surface area contributed by atoms with Crippen molar-refractivity contribution >= 4 is 45.5 Å². The summed E-state index contributed by atoms with van der Waals surface area (Å²) in [7, 11) is 1.47. The number of esters is 1. The van der Waals surface area contributed by atoms with Crippen molar-refractivity contribution in [3.05, 3.63) is 86.8 Å². The molecule has 0 fully saturated rings. The van der Waals surface area contributed by atoms with Crippen LogP contribution < -0.4 is 20.9 Å². The highest BCUT2D eigenvalue weighted by Gasteiger charge is 2.27. The molecule has 10 nitrogen and oxygen atoms in total. The van der Waals surface area contributed by atoms with Crippen LogP contribution >= 0.6 is 11.3 Å². The van der Waals surface area contributed by atoms with Gasteiger partial charge in [0.25, 0.3) is 17.4 Å². The summed E-state index contributed by atoms with van der Waals surface area (Å²) in [5.41, 5.74) is 0.928. The van der Waals surface area contributed by atoms with E-state index in [0.29, 0.717) is 41.4 Å². The van der Waals surface area contributed by atoms with Gasteiger partial charge in [-0.15, -0.1) is 0 Å². The predicted octanol–water partition coefficient (Wildman–Crippen LogP) is 4.14. The largest absolute Gasteiger partial charge is 0.495 e. The lowest BCUT2D eigenvalue weighted by molar-refractivity contribution is 0.0505. The molecule has 4 aromatic rings. The second kappa shape index (κ2) is 11.0. The Hall–Kier alpha value is -4.51. The van der Waals surface area contributed by atoms with E-state index in [-0.39, 0.29) is 15.5 Å². The summed E-state index contributed by atoms with van der Waals surface area (Å²) in [5, 5.41) is 5.43. The summed E-state index contributed by atoms with van der Waals surface area (Å²) in [5.74, 6) is -1.33. The van der Waals surface area contributed by atoms with E-state index in [1.807, 2.05) is 6.92 Å². The summed E-state index contributed by atoms with van der Waals surface area (Å²) in [6.07, 6.45) is 0.708. The van der Waals surface area contributed by atoms with Crippen LogP contribution in [0.4, 0.5) is 11.4 Å². The maximum atomic E-state index is 13.4. The number of carbonyl (C=O) groups is 3. The van der Waals surface area contributed by atoms with E-state index in [1.54, 1.807) is 43.3 Å². The molecular weight excluding hydrogens is 496 g/mol. The van der Waals surface area contributed by atoms with Crippen molar-refractivity contribution in [1.82, 2.24) is 9.38 Å². The fourth-order valence-corrected chi connectivity index (χ4v) is 4.60. The standard InChI is InChI=1S/C26H24N4O6S/c1-4-13-36-25(34)16-9-11-17(12-10-16)28-24(33)22-21(30-20(31)14-15(2)27-26(30)37-22)23(32)29-18-7-5-6-8-19(18)35-3/h5-12,14H,4,13H2,1-3H3,(H,28,33)(H,29,32). The van der Waals surface area contributed by atoms with Gasteiger partial charge in [0, 0.05) is 17.4 Å². The molecule has 2 amide bonds. The molecule has 0 aliphatic rings. The summed E-state index contributed by atoms with van der Waals surface area (Å²) in [6, 6.07) is 14.2. The molecule has 190 valence electrons. The summed E-state index contributed by atoms with van der Waals surface area (Å²) in [4.78, 5) is 56.1. The number of hydrogen-bond donors (Lipinski definition) is 2. The number of aromatic nitrogens is 2. The van der Waals surface area contributed by atoms with Gasteiger partial charge in [-0.25, -0.2) is 14.2 Å². The second-order valence-corrected chi connectivity index (χ2v) is 8.93. The number of thiazole rings is 1. The lowest BCUT2D eigenvalue weighted by Gasteiger charge is -2.11. The third-order valence-electron chi connectivity index (χ3n) is 5.24. The van der Waals surface area contributed by atoms with E-state index in [9.17, 15) is 19.2 Å². The number of anilines is 2. The molecule has 37 heavy (non-hydrogen) atoms. The maximum Gasteiger partial charge on any atom is 0.338 e. The molecule has 2 heterocycles. The monoisotopic (exact) mass is 520 g/mol. The number of hydrogen-bond acceptors (Lipinski definition) is 8. The first-order valence-electron chi connectivity index (χ1n) is 11.4. The average molecular weight is 521 g/mol. The Labute approximate surface area is 215 Å². The quantitative estimate of drug-likeness (QED) is 0.334. The number of nitrogens with one attached hydrogen (secondary N) is 2. The number of methoxy groups -OCH3 is 1. The van der Waals surface area contributed by atoms with E-state index < -0.39 is 23.3 Å². The van der Waals surface area contributed by atoms with Crippen molar-refractivity contribution in [1.29, 1.82) is 0 Å². The number of aryl methyl sites for hydroxylation is 1. The minimum Gasteiger partial charge on any atom is -0.495 e. The highest BCUT2D eigenvalue weighted by molar-refractivity contribution is 7.19. The van der Waals surface area contributed by atoms with Crippen LogP contribution in [-0.4, -0.2) is 40.9 Å². The Morgan fingerprint density at radius 2 is 1.76 bits per heavy atom. The van der Waals surface area contributed by atoms with Gasteiger partial charge in [0.1, 0.15) is 16.3 Å². The smallest absolute Gasteiger partial charge is 0.338 e. The molecule has 2 aromatic heterocycles. The highest BCUT2D eigenvalue weighted by atomic mass is 32.1. The molecule has 0 radical (unpaired) electrons. The number of benzene rings is 2. The van der Waals surface area contributed by atoms with E-state index in [4.69, 9.17) is 9.47 Å². The Balaban J connectivity index is 1.68. The number of nitrogens with zero attached hydrogens (tertiary/aromatic N) is 2. The molecule has 2 N–H and O–H groups in total.